The molecule has 56 valence electrons. The van der Waals surface area contributed by atoms with Crippen LogP contribution in [0.25, 0.3) is 11.0 Å². The van der Waals surface area contributed by atoms with E-state index in [4.69, 9.17) is 0 Å². The van der Waals surface area contributed by atoms with Gasteiger partial charge in [0.05, 0.1) is 11.0 Å². The average molecular weight is 146 g/mol. The van der Waals surface area contributed by atoms with Crippen LogP contribution in [0, 0.1) is 0 Å². The lowest BCUT2D eigenvalue weighted by Crippen LogP contribution is -1.77. The van der Waals surface area contributed by atoms with Gasteiger partial charge in [0.2, 0.25) is 0 Å². The van der Waals surface area contributed by atoms with Gasteiger partial charge in [0.25, 0.3) is 0 Å². The molecule has 0 atom stereocenters. The highest BCUT2D eigenvalue weighted by Gasteiger charge is 1.99. The molecule has 0 radical (unpaired) electrons. The van der Waals surface area contributed by atoms with Crippen LogP contribution in [0.5, 0.6) is 0 Å². The fourth-order valence-electron chi connectivity index (χ4n) is 1.28. The van der Waals surface area contributed by atoms with Gasteiger partial charge in [0.1, 0.15) is 0 Å². The second kappa shape index (κ2) is 2.38. The van der Waals surface area contributed by atoms with Crippen molar-refractivity contribution in [3.63, 3.8) is 0 Å². The average Bonchev–Trinajstić information content (AvgIpc) is 2.47. The molecule has 0 saturated heterocycles. The number of pyridine rings is 1. The molecule has 0 amide bonds. The lowest BCUT2D eigenvalue weighted by molar-refractivity contribution is 1.14. The van der Waals surface area contributed by atoms with E-state index in [0.717, 1.165) is 17.5 Å². The number of nitrogens with zero attached hydrogens (tertiary/aromatic N) is 1. The maximum atomic E-state index is 4.28. The van der Waals surface area contributed by atoms with Crippen molar-refractivity contribution in [3.8, 4) is 0 Å². The largest absolute Gasteiger partial charge is 0.360 e. The fourth-order valence-corrected chi connectivity index (χ4v) is 1.28. The minimum atomic E-state index is 1.04. The number of aryl methyl sites for hydroxylation is 1. The first-order valence-corrected chi connectivity index (χ1v) is 3.83. The van der Waals surface area contributed by atoms with Gasteiger partial charge in [-0.05, 0) is 24.1 Å². The molecule has 2 aromatic heterocycles. The van der Waals surface area contributed by atoms with Crippen molar-refractivity contribution in [2.45, 2.75) is 13.3 Å². The summed E-state index contributed by atoms with van der Waals surface area (Å²) in [6.07, 6.45) is 4.89. The highest BCUT2D eigenvalue weighted by Crippen LogP contribution is 2.14. The SMILES string of the molecule is CCc1c[nH]c2cccnc12. The minimum Gasteiger partial charge on any atom is -0.360 e. The van der Waals surface area contributed by atoms with E-state index in [1.165, 1.54) is 5.56 Å². The molecule has 2 nitrogen and oxygen atoms in total. The van der Waals surface area contributed by atoms with Gasteiger partial charge < -0.3 is 4.98 Å². The van der Waals surface area contributed by atoms with Gasteiger partial charge >= 0.3 is 0 Å². The summed E-state index contributed by atoms with van der Waals surface area (Å²) in [5, 5.41) is 0. The predicted octanol–water partition coefficient (Wildman–Crippen LogP) is 2.13. The third-order valence-corrected chi connectivity index (χ3v) is 1.89. The van der Waals surface area contributed by atoms with Gasteiger partial charge in [-0.25, -0.2) is 0 Å². The van der Waals surface area contributed by atoms with Gasteiger partial charge in [0, 0.05) is 12.4 Å². The molecule has 2 heterocycles. The lowest BCUT2D eigenvalue weighted by atomic mass is 10.2. The van der Waals surface area contributed by atoms with E-state index in [0.29, 0.717) is 0 Å². The highest BCUT2D eigenvalue weighted by molar-refractivity contribution is 5.78. The molecule has 1 N–H and O–H groups in total. The Hall–Kier alpha value is -1.31. The molecular formula is C9H10N2. The molecule has 0 bridgehead atoms. The van der Waals surface area contributed by atoms with Crippen LogP contribution in [0.1, 0.15) is 12.5 Å². The Kier molecular flexibility index (Phi) is 1.39. The van der Waals surface area contributed by atoms with Crippen LogP contribution < -0.4 is 0 Å². The second-order valence-electron chi connectivity index (χ2n) is 2.57. The third kappa shape index (κ3) is 0.909. The zero-order chi connectivity index (χ0) is 7.68. The molecular weight excluding hydrogens is 136 g/mol. The molecule has 0 fully saturated rings. The van der Waals surface area contributed by atoms with E-state index in [-0.39, 0.29) is 0 Å². The van der Waals surface area contributed by atoms with Crippen LogP contribution in [0.2, 0.25) is 0 Å². The number of hydrogen-bond acceptors (Lipinski definition) is 1. The smallest absolute Gasteiger partial charge is 0.0910 e. The van der Waals surface area contributed by atoms with Crippen molar-refractivity contribution in [3.05, 3.63) is 30.1 Å². The number of aromatic amines is 1. The van der Waals surface area contributed by atoms with Crippen LogP contribution in [-0.4, -0.2) is 9.97 Å². The molecule has 0 aliphatic carbocycles. The predicted molar refractivity (Wildman–Crippen MR) is 45.5 cm³/mol. The van der Waals surface area contributed by atoms with Crippen LogP contribution in [0.15, 0.2) is 24.5 Å². The summed E-state index contributed by atoms with van der Waals surface area (Å²) in [5.41, 5.74) is 3.53. The number of H-pyrrole nitrogens is 1. The van der Waals surface area contributed by atoms with E-state index in [1.807, 2.05) is 24.5 Å². The van der Waals surface area contributed by atoms with Crippen molar-refractivity contribution in [1.82, 2.24) is 9.97 Å². The molecule has 0 unspecified atom stereocenters. The van der Waals surface area contributed by atoms with Crippen LogP contribution in [0.3, 0.4) is 0 Å². The lowest BCUT2D eigenvalue weighted by Gasteiger charge is -1.89. The van der Waals surface area contributed by atoms with E-state index in [9.17, 15) is 0 Å². The van der Waals surface area contributed by atoms with Gasteiger partial charge in [-0.15, -0.1) is 0 Å². The molecule has 0 saturated carbocycles. The van der Waals surface area contributed by atoms with Gasteiger partial charge in [0.15, 0.2) is 0 Å². The van der Waals surface area contributed by atoms with Crippen LogP contribution >= 0.6 is 0 Å². The molecule has 0 aliphatic rings. The maximum absolute atomic E-state index is 4.28. The van der Waals surface area contributed by atoms with E-state index >= 15 is 0 Å². The maximum Gasteiger partial charge on any atom is 0.0910 e. The summed E-state index contributed by atoms with van der Waals surface area (Å²) in [6.45, 7) is 2.14. The minimum absolute atomic E-state index is 1.04. The summed E-state index contributed by atoms with van der Waals surface area (Å²) < 4.78 is 0. The van der Waals surface area contributed by atoms with Crippen molar-refractivity contribution < 1.29 is 0 Å². The fraction of sp³-hybridized carbons (Fsp3) is 0.222. The van der Waals surface area contributed by atoms with E-state index < -0.39 is 0 Å². The molecule has 11 heavy (non-hydrogen) atoms. The van der Waals surface area contributed by atoms with Crippen molar-refractivity contribution in [2.24, 2.45) is 0 Å². The molecule has 0 aromatic carbocycles. The Morgan fingerprint density at radius 3 is 3.27 bits per heavy atom. The van der Waals surface area contributed by atoms with E-state index in [2.05, 4.69) is 16.9 Å². The van der Waals surface area contributed by atoms with Gasteiger partial charge in [-0.1, -0.05) is 6.92 Å². The summed E-state index contributed by atoms with van der Waals surface area (Å²) in [5.74, 6) is 0. The first kappa shape index (κ1) is 6.40. The van der Waals surface area contributed by atoms with Crippen LogP contribution in [-0.2, 0) is 6.42 Å². The molecule has 2 aromatic rings. The standard InChI is InChI=1S/C9H10N2/c1-2-7-6-11-8-4-3-5-10-9(7)8/h3-6,11H,2H2,1H3. The Morgan fingerprint density at radius 2 is 2.45 bits per heavy atom. The van der Waals surface area contributed by atoms with Crippen molar-refractivity contribution in [1.29, 1.82) is 0 Å². The summed E-state index contributed by atoms with van der Waals surface area (Å²) in [6, 6.07) is 3.99. The third-order valence-electron chi connectivity index (χ3n) is 1.89. The van der Waals surface area contributed by atoms with Crippen molar-refractivity contribution >= 4 is 11.0 Å². The van der Waals surface area contributed by atoms with Crippen molar-refractivity contribution in [2.75, 3.05) is 0 Å². The molecule has 2 heteroatoms. The molecule has 0 spiro atoms. The Labute approximate surface area is 65.3 Å². The number of hydrogen-bond donors (Lipinski definition) is 1. The van der Waals surface area contributed by atoms with E-state index in [1.54, 1.807) is 0 Å². The number of aromatic nitrogens is 2. The van der Waals surface area contributed by atoms with Gasteiger partial charge in [-0.2, -0.15) is 0 Å². The Balaban J connectivity index is 2.76. The molecule has 0 aliphatic heterocycles. The zero-order valence-electron chi connectivity index (χ0n) is 6.46. The van der Waals surface area contributed by atoms with Gasteiger partial charge in [-0.3, -0.25) is 4.98 Å². The summed E-state index contributed by atoms with van der Waals surface area (Å²) in [7, 11) is 0. The first-order valence-electron chi connectivity index (χ1n) is 3.83. The Bertz CT molecular complexity index is 362. The molecule has 2 rings (SSSR count). The normalized spacial score (nSPS) is 10.6. The van der Waals surface area contributed by atoms with Crippen LogP contribution in [0.4, 0.5) is 0 Å². The zero-order valence-corrected chi connectivity index (χ0v) is 6.46. The monoisotopic (exact) mass is 146 g/mol. The topological polar surface area (TPSA) is 28.7 Å². The number of fused-ring (bicyclic) bond motifs is 1. The Morgan fingerprint density at radius 1 is 1.55 bits per heavy atom. The number of rotatable bonds is 1. The summed E-state index contributed by atoms with van der Waals surface area (Å²) >= 11 is 0. The first-order chi connectivity index (χ1) is 5.42. The second-order valence-corrected chi connectivity index (χ2v) is 2.57. The quantitative estimate of drug-likeness (QED) is 0.656. The summed E-state index contributed by atoms with van der Waals surface area (Å²) in [4.78, 5) is 7.46. The highest BCUT2D eigenvalue weighted by atomic mass is 14.8. The number of nitrogens with one attached hydrogen (secondary N) is 1.